The Morgan fingerprint density at radius 3 is 1.39 bits per heavy atom. The van der Waals surface area contributed by atoms with Crippen LogP contribution >= 0.6 is 0 Å². The van der Waals surface area contributed by atoms with Gasteiger partial charge in [0.05, 0.1) is 34.4 Å². The average Bonchev–Trinajstić information content (AvgIpc) is 3.59. The lowest BCUT2D eigenvalue weighted by atomic mass is 9.65. The van der Waals surface area contributed by atoms with Gasteiger partial charge in [-0.1, -0.05) is 105 Å². The molecule has 3 aliphatic rings. The second-order valence-corrected chi connectivity index (χ2v) is 16.8. The maximum atomic E-state index is 6.61. The Morgan fingerprint density at radius 2 is 0.961 bits per heavy atom. The van der Waals surface area contributed by atoms with Gasteiger partial charge in [0, 0.05) is 0 Å². The highest BCUT2D eigenvalue weighted by Crippen LogP contribution is 2.56. The molecular formula is C44H54B2O5. The van der Waals surface area contributed by atoms with Gasteiger partial charge in [0.2, 0.25) is 0 Å². The quantitative estimate of drug-likeness (QED) is 0.109. The zero-order valence-corrected chi connectivity index (χ0v) is 32.3. The first kappa shape index (κ1) is 36.0. The normalized spacial score (nSPS) is 20.4. The maximum Gasteiger partial charge on any atom is 0.494 e. The van der Waals surface area contributed by atoms with Crippen LogP contribution in [0.3, 0.4) is 0 Å². The van der Waals surface area contributed by atoms with Crippen molar-refractivity contribution in [1.82, 2.24) is 0 Å². The predicted octanol–water partition coefficient (Wildman–Crippen LogP) is 8.92. The molecule has 0 atom stereocenters. The zero-order valence-electron chi connectivity index (χ0n) is 32.3. The summed E-state index contributed by atoms with van der Waals surface area (Å²) in [5.41, 5.74) is 7.97. The number of fused-ring (bicyclic) bond motifs is 3. The van der Waals surface area contributed by atoms with Gasteiger partial charge in [-0.05, 0) is 125 Å². The highest BCUT2D eigenvalue weighted by Gasteiger charge is 2.55. The van der Waals surface area contributed by atoms with Crippen LogP contribution in [0.15, 0.2) is 84.9 Å². The lowest BCUT2D eigenvalue weighted by Crippen LogP contribution is -2.41. The molecule has 2 saturated heterocycles. The van der Waals surface area contributed by atoms with Gasteiger partial charge in [-0.2, -0.15) is 0 Å². The van der Waals surface area contributed by atoms with Crippen molar-refractivity contribution in [3.8, 4) is 16.9 Å². The molecule has 0 aromatic heterocycles. The molecule has 266 valence electrons. The van der Waals surface area contributed by atoms with Crippen LogP contribution in [0.4, 0.5) is 0 Å². The number of hydrogen-bond donors (Lipinski definition) is 0. The predicted molar refractivity (Wildman–Crippen MR) is 210 cm³/mol. The number of unbranched alkanes of at least 4 members (excludes halogenated alkanes) is 3. The van der Waals surface area contributed by atoms with Crippen molar-refractivity contribution < 1.29 is 23.4 Å². The number of aryl methyl sites for hydroxylation is 1. The number of benzene rings is 4. The van der Waals surface area contributed by atoms with E-state index < -0.39 is 42.1 Å². The fourth-order valence-electron chi connectivity index (χ4n) is 7.72. The van der Waals surface area contributed by atoms with Crippen molar-refractivity contribution in [3.63, 3.8) is 0 Å². The first-order valence-corrected chi connectivity index (χ1v) is 18.9. The van der Waals surface area contributed by atoms with Crippen LogP contribution in [0, 0.1) is 6.92 Å². The molecule has 0 amide bonds. The Hall–Kier alpha value is -3.35. The molecule has 0 unspecified atom stereocenters. The van der Waals surface area contributed by atoms with E-state index in [4.69, 9.17) is 23.4 Å². The Labute approximate surface area is 306 Å². The van der Waals surface area contributed by atoms with Crippen LogP contribution in [0.25, 0.3) is 11.1 Å². The van der Waals surface area contributed by atoms with Gasteiger partial charge < -0.3 is 23.4 Å². The third kappa shape index (κ3) is 6.08. The Morgan fingerprint density at radius 1 is 0.529 bits per heavy atom. The van der Waals surface area contributed by atoms with E-state index in [0.717, 1.165) is 29.7 Å². The molecule has 1 aliphatic carbocycles. The van der Waals surface area contributed by atoms with E-state index >= 15 is 0 Å². The summed E-state index contributed by atoms with van der Waals surface area (Å²) in [6.07, 6.45) is 4.70. The van der Waals surface area contributed by atoms with Gasteiger partial charge in [0.15, 0.2) is 0 Å². The molecule has 0 spiro atoms. The number of hydrogen-bond acceptors (Lipinski definition) is 5. The standard InChI is InChI=1S/C44H54B2O5/c1-11-12-13-14-27-47-35-23-19-32(20-24-35)44(31-17-15-30(2)16-18-31)38-28-33(45-48-40(3,4)41(5,6)49-45)21-25-36(38)37-26-22-34(29-39(37)44)46-50-42(7,8)43(9,10)51-46/h15-26,28-29H,11-14,27H2,1-10H3. The van der Waals surface area contributed by atoms with Gasteiger partial charge in [0.25, 0.3) is 0 Å². The minimum atomic E-state index is -0.642. The summed E-state index contributed by atoms with van der Waals surface area (Å²) in [5, 5.41) is 0. The first-order chi connectivity index (χ1) is 24.1. The van der Waals surface area contributed by atoms with Crippen molar-refractivity contribution in [3.05, 3.63) is 113 Å². The van der Waals surface area contributed by atoms with Crippen LogP contribution in [0.2, 0.25) is 0 Å². The number of ether oxygens (including phenoxy) is 1. The van der Waals surface area contributed by atoms with Crippen LogP contribution in [0.1, 0.15) is 116 Å². The highest BCUT2D eigenvalue weighted by atomic mass is 16.7. The van der Waals surface area contributed by atoms with Crippen LogP contribution in [-0.2, 0) is 24.0 Å². The van der Waals surface area contributed by atoms with Gasteiger partial charge in [-0.15, -0.1) is 0 Å². The second-order valence-electron chi connectivity index (χ2n) is 16.8. The van der Waals surface area contributed by atoms with Crippen LogP contribution < -0.4 is 15.7 Å². The molecule has 0 saturated carbocycles. The summed E-state index contributed by atoms with van der Waals surface area (Å²) in [7, 11) is -0.966. The minimum Gasteiger partial charge on any atom is -0.494 e. The molecule has 51 heavy (non-hydrogen) atoms. The largest absolute Gasteiger partial charge is 0.494 e. The molecule has 0 bridgehead atoms. The molecule has 5 nitrogen and oxygen atoms in total. The topological polar surface area (TPSA) is 46.2 Å². The summed E-state index contributed by atoms with van der Waals surface area (Å²) in [6.45, 7) is 22.0. The van der Waals surface area contributed by atoms with Gasteiger partial charge in [-0.25, -0.2) is 0 Å². The van der Waals surface area contributed by atoms with E-state index in [-0.39, 0.29) is 0 Å². The Bertz CT molecular complexity index is 1780. The highest BCUT2D eigenvalue weighted by molar-refractivity contribution is 6.62. The van der Waals surface area contributed by atoms with E-state index in [1.54, 1.807) is 0 Å². The molecule has 7 heteroatoms. The third-order valence-electron chi connectivity index (χ3n) is 12.3. The van der Waals surface area contributed by atoms with Crippen molar-refractivity contribution in [2.75, 3.05) is 6.61 Å². The molecule has 2 fully saturated rings. The van der Waals surface area contributed by atoms with E-state index in [2.05, 4.69) is 154 Å². The minimum absolute atomic E-state index is 0.447. The van der Waals surface area contributed by atoms with Crippen LogP contribution in [-0.4, -0.2) is 43.2 Å². The first-order valence-electron chi connectivity index (χ1n) is 18.9. The molecule has 2 aliphatic heterocycles. The van der Waals surface area contributed by atoms with Gasteiger partial charge in [0.1, 0.15) is 5.75 Å². The lowest BCUT2D eigenvalue weighted by Gasteiger charge is -2.34. The fraction of sp³-hybridized carbons (Fsp3) is 0.455. The van der Waals surface area contributed by atoms with E-state index in [0.29, 0.717) is 0 Å². The van der Waals surface area contributed by atoms with Crippen molar-refractivity contribution in [2.24, 2.45) is 0 Å². The molecule has 0 radical (unpaired) electrons. The summed E-state index contributed by atoms with van der Waals surface area (Å²) in [6, 6.07) is 31.3. The summed E-state index contributed by atoms with van der Waals surface area (Å²) >= 11 is 0. The van der Waals surface area contributed by atoms with E-state index in [9.17, 15) is 0 Å². The molecule has 4 aromatic carbocycles. The summed E-state index contributed by atoms with van der Waals surface area (Å²) in [5.74, 6) is 0.893. The van der Waals surface area contributed by atoms with Crippen molar-refractivity contribution >= 4 is 25.2 Å². The van der Waals surface area contributed by atoms with Crippen LogP contribution in [0.5, 0.6) is 5.75 Å². The molecule has 0 N–H and O–H groups in total. The van der Waals surface area contributed by atoms with Gasteiger partial charge >= 0.3 is 14.2 Å². The Kier molecular flexibility index (Phi) is 9.15. The molecule has 2 heterocycles. The lowest BCUT2D eigenvalue weighted by molar-refractivity contribution is 0.00578. The van der Waals surface area contributed by atoms with Crippen molar-refractivity contribution in [2.45, 2.75) is 123 Å². The van der Waals surface area contributed by atoms with Gasteiger partial charge in [-0.3, -0.25) is 0 Å². The second kappa shape index (κ2) is 12.9. The monoisotopic (exact) mass is 684 g/mol. The van der Waals surface area contributed by atoms with E-state index in [1.165, 1.54) is 58.2 Å². The Balaban J connectivity index is 1.41. The average molecular weight is 685 g/mol. The van der Waals surface area contributed by atoms with E-state index in [1.807, 2.05) is 0 Å². The van der Waals surface area contributed by atoms with Crippen molar-refractivity contribution in [1.29, 1.82) is 0 Å². The smallest absolute Gasteiger partial charge is 0.494 e. The molecule has 4 aromatic rings. The SMILES string of the molecule is CCCCCCOc1ccc(C2(c3ccc(C)cc3)c3cc(B4OC(C)(C)C(C)(C)O4)ccc3-c3ccc(B4OC(C)(C)C(C)(C)O4)cc32)cc1. The summed E-state index contributed by atoms with van der Waals surface area (Å²) in [4.78, 5) is 0. The molecular weight excluding hydrogens is 630 g/mol. The summed E-state index contributed by atoms with van der Waals surface area (Å²) < 4.78 is 32.7. The molecule has 7 rings (SSSR count). The fourth-order valence-corrected chi connectivity index (χ4v) is 7.72. The maximum absolute atomic E-state index is 6.61. The number of rotatable bonds is 10. The third-order valence-corrected chi connectivity index (χ3v) is 12.3. The zero-order chi connectivity index (χ0) is 36.4.